The molecule has 0 amide bonds. The third-order valence-corrected chi connectivity index (χ3v) is 0.414. The van der Waals surface area contributed by atoms with Crippen molar-refractivity contribution >= 4 is 10.1 Å². The molecule has 1 N–H and O–H groups in total. The molecule has 3 nitrogen and oxygen atoms in total. The second-order valence-electron chi connectivity index (χ2n) is 0.691. The van der Waals surface area contributed by atoms with Crippen LogP contribution in [0.4, 0.5) is 4.39 Å². The van der Waals surface area contributed by atoms with Crippen LogP contribution in [-0.2, 0) is 10.1 Å². The van der Waals surface area contributed by atoms with Crippen LogP contribution in [0.15, 0.2) is 0 Å². The predicted molar refractivity (Wildman–Crippen MR) is 18.6 cm³/mol. The second-order valence-corrected chi connectivity index (χ2v) is 2.07. The topological polar surface area (TPSA) is 54.4 Å². The van der Waals surface area contributed by atoms with E-state index in [1.807, 2.05) is 0 Å². The monoisotopic (exact) mass is 154 g/mol. The van der Waals surface area contributed by atoms with Gasteiger partial charge in [-0.3, -0.25) is 4.55 Å². The molecule has 7 heavy (non-hydrogen) atoms. The molecule has 0 unspecified atom stereocenters. The van der Waals surface area contributed by atoms with Crippen LogP contribution in [0.1, 0.15) is 1.43 Å². The summed E-state index contributed by atoms with van der Waals surface area (Å²) >= 11 is 0. The Hall–Kier alpha value is 1.48. The third-order valence-electron chi connectivity index (χ3n) is 0.138. The van der Waals surface area contributed by atoms with E-state index in [-0.39, 0.29) is 52.8 Å². The van der Waals surface area contributed by atoms with Gasteiger partial charge in [0.1, 0.15) is 0 Å². The molecule has 0 atom stereocenters. The Kier molecular flexibility index (Phi) is 7.04. The van der Waals surface area contributed by atoms with E-state index in [1.54, 1.807) is 0 Å². The molecule has 0 spiro atoms. The van der Waals surface area contributed by atoms with Crippen molar-refractivity contribution in [2.24, 2.45) is 0 Å². The molecular formula is CH4FKO3S. The molecule has 0 fully saturated rings. The third kappa shape index (κ3) is 11.2. The van der Waals surface area contributed by atoms with Gasteiger partial charge in [0, 0.05) is 0 Å². The van der Waals surface area contributed by atoms with E-state index in [9.17, 15) is 12.8 Å². The van der Waals surface area contributed by atoms with Crippen LogP contribution in [0.2, 0.25) is 0 Å². The van der Waals surface area contributed by atoms with Crippen molar-refractivity contribution in [2.45, 2.75) is 0 Å². The normalized spacial score (nSPS) is 10.0. The molecule has 0 aromatic heterocycles. The molecule has 0 rings (SSSR count). The summed E-state index contributed by atoms with van der Waals surface area (Å²) in [4.78, 5) is 0. The summed E-state index contributed by atoms with van der Waals surface area (Å²) in [5, 5.41) is 0. The molecule has 0 aliphatic rings. The number of alkyl halides is 1. The zero-order chi connectivity index (χ0) is 5.21. The summed E-state index contributed by atoms with van der Waals surface area (Å²) in [6.45, 7) is 0. The maximum atomic E-state index is 10.7. The summed E-state index contributed by atoms with van der Waals surface area (Å²) in [7, 11) is -4.33. The van der Waals surface area contributed by atoms with Crippen LogP contribution in [0.3, 0.4) is 0 Å². The van der Waals surface area contributed by atoms with Gasteiger partial charge in [-0.15, -0.1) is 0 Å². The number of hydrogen-bond acceptors (Lipinski definition) is 2. The average Bonchev–Trinajstić information content (AvgIpc) is 1.35. The van der Waals surface area contributed by atoms with Crippen LogP contribution in [0, 0.1) is 0 Å². The van der Waals surface area contributed by atoms with Crippen molar-refractivity contribution in [3.8, 4) is 0 Å². The standard InChI is InChI=1S/CH3FO3S.K.H/c2-1-6(3,4)5;;/h1H2,(H,3,4,5);;/q;+1;-1. The smallest absolute Gasteiger partial charge is 1.00 e. The van der Waals surface area contributed by atoms with Crippen molar-refractivity contribution < 1.29 is 70.2 Å². The zero-order valence-corrected chi connectivity index (χ0v) is 7.70. The Labute approximate surface area is 84.9 Å². The minimum atomic E-state index is -4.33. The molecule has 0 aliphatic heterocycles. The molecule has 0 aromatic carbocycles. The van der Waals surface area contributed by atoms with Crippen molar-refractivity contribution in [1.82, 2.24) is 0 Å². The Morgan fingerprint density at radius 1 is 1.71 bits per heavy atom. The van der Waals surface area contributed by atoms with E-state index < -0.39 is 16.1 Å². The van der Waals surface area contributed by atoms with Crippen molar-refractivity contribution in [3.63, 3.8) is 0 Å². The van der Waals surface area contributed by atoms with E-state index in [1.165, 1.54) is 0 Å². The van der Waals surface area contributed by atoms with Gasteiger partial charge in [0.15, 0.2) is 0 Å². The molecule has 0 heterocycles. The minimum Gasteiger partial charge on any atom is -1.00 e. The van der Waals surface area contributed by atoms with Gasteiger partial charge >= 0.3 is 51.4 Å². The van der Waals surface area contributed by atoms with Crippen molar-refractivity contribution in [3.05, 3.63) is 0 Å². The average molecular weight is 154 g/mol. The Morgan fingerprint density at radius 3 is 1.86 bits per heavy atom. The molecule has 0 aromatic rings. The Balaban J connectivity index is -0.000000125. The first-order valence-corrected chi connectivity index (χ1v) is 2.68. The summed E-state index contributed by atoms with van der Waals surface area (Å²) in [6.07, 6.45) is 0. The number of rotatable bonds is 1. The molecule has 40 valence electrons. The van der Waals surface area contributed by atoms with E-state index in [4.69, 9.17) is 4.55 Å². The fourth-order valence-corrected chi connectivity index (χ4v) is 0. The predicted octanol–water partition coefficient (Wildman–Crippen LogP) is -3.08. The van der Waals surface area contributed by atoms with E-state index in [2.05, 4.69) is 0 Å². The molecule has 0 radical (unpaired) electrons. The van der Waals surface area contributed by atoms with Gasteiger partial charge in [-0.25, -0.2) is 4.39 Å². The van der Waals surface area contributed by atoms with Crippen LogP contribution in [0.25, 0.3) is 0 Å². The Morgan fingerprint density at radius 2 is 1.86 bits per heavy atom. The maximum absolute atomic E-state index is 10.7. The largest absolute Gasteiger partial charge is 1.00 e. The van der Waals surface area contributed by atoms with Crippen molar-refractivity contribution in [1.29, 1.82) is 0 Å². The van der Waals surface area contributed by atoms with Crippen LogP contribution in [0.5, 0.6) is 0 Å². The fourth-order valence-electron chi connectivity index (χ4n) is 0. The summed E-state index contributed by atoms with van der Waals surface area (Å²) in [5.74, 6) is 0. The van der Waals surface area contributed by atoms with Gasteiger partial charge in [0.05, 0.1) is 0 Å². The van der Waals surface area contributed by atoms with E-state index in [0.717, 1.165) is 0 Å². The van der Waals surface area contributed by atoms with Gasteiger partial charge in [-0.1, -0.05) is 0 Å². The first kappa shape index (κ1) is 11.3. The van der Waals surface area contributed by atoms with Crippen LogP contribution < -0.4 is 51.4 Å². The molecule has 0 saturated heterocycles. The molecular weight excluding hydrogens is 150 g/mol. The maximum Gasteiger partial charge on any atom is 1.00 e. The first-order valence-electron chi connectivity index (χ1n) is 1.07. The first-order chi connectivity index (χ1) is 2.56. The van der Waals surface area contributed by atoms with Gasteiger partial charge < -0.3 is 1.43 Å². The molecule has 0 aliphatic carbocycles. The molecule has 6 heteroatoms. The van der Waals surface area contributed by atoms with Gasteiger partial charge in [0.2, 0.25) is 6.01 Å². The minimum absolute atomic E-state index is 0. The fraction of sp³-hybridized carbons (Fsp3) is 1.00. The summed E-state index contributed by atoms with van der Waals surface area (Å²) < 4.78 is 36.4. The SMILES string of the molecule is O=S(=O)(O)CF.[H-].[K+]. The number of halogens is 1. The van der Waals surface area contributed by atoms with Crippen LogP contribution in [-0.4, -0.2) is 19.0 Å². The van der Waals surface area contributed by atoms with Crippen LogP contribution >= 0.6 is 0 Å². The summed E-state index contributed by atoms with van der Waals surface area (Å²) in [6, 6.07) is -1.70. The van der Waals surface area contributed by atoms with Crippen molar-refractivity contribution in [2.75, 3.05) is 6.01 Å². The van der Waals surface area contributed by atoms with Gasteiger partial charge in [0.25, 0.3) is 10.1 Å². The Bertz CT molecular complexity index is 121. The van der Waals surface area contributed by atoms with Gasteiger partial charge in [-0.2, -0.15) is 8.42 Å². The van der Waals surface area contributed by atoms with Gasteiger partial charge in [-0.05, 0) is 0 Å². The van der Waals surface area contributed by atoms with E-state index in [0.29, 0.717) is 0 Å². The number of hydrogen-bond donors (Lipinski definition) is 1. The molecule has 0 bridgehead atoms. The quantitative estimate of drug-likeness (QED) is 0.322. The van der Waals surface area contributed by atoms with E-state index >= 15 is 0 Å². The zero-order valence-electron chi connectivity index (χ0n) is 4.76. The second kappa shape index (κ2) is 4.36. The summed E-state index contributed by atoms with van der Waals surface area (Å²) in [5.41, 5.74) is 0. The molecule has 0 saturated carbocycles.